The predicted octanol–water partition coefficient (Wildman–Crippen LogP) is 6.32. The van der Waals surface area contributed by atoms with Crippen LogP contribution in [-0.2, 0) is 12.2 Å². The molecule has 2 aromatic heterocycles. The molecule has 0 aliphatic heterocycles. The SMILES string of the molecule is Cc1ccc(-n2c(Cc3ccccc3)nnc2SCc2cccc3cccnc23)c(C)c1. The van der Waals surface area contributed by atoms with E-state index < -0.39 is 0 Å². The average Bonchev–Trinajstić information content (AvgIpc) is 3.20. The average molecular weight is 437 g/mol. The standard InChI is InChI=1S/C27H24N4S/c1-19-13-14-24(20(2)16-19)31-25(17-21-8-4-3-5-9-21)29-30-27(31)32-18-23-11-6-10-22-12-7-15-28-26(22)23/h3-16H,17-18H2,1-2H3. The first kappa shape index (κ1) is 20.5. The van der Waals surface area contributed by atoms with E-state index in [1.807, 2.05) is 18.3 Å². The molecular formula is C27H24N4S. The summed E-state index contributed by atoms with van der Waals surface area (Å²) in [4.78, 5) is 4.60. The van der Waals surface area contributed by atoms with Crippen molar-refractivity contribution in [3.05, 3.63) is 113 Å². The molecule has 0 atom stereocenters. The monoisotopic (exact) mass is 436 g/mol. The third-order valence-electron chi connectivity index (χ3n) is 5.57. The summed E-state index contributed by atoms with van der Waals surface area (Å²) in [5.74, 6) is 1.73. The van der Waals surface area contributed by atoms with Gasteiger partial charge in [0.05, 0.1) is 11.2 Å². The normalized spacial score (nSPS) is 11.2. The first-order valence-electron chi connectivity index (χ1n) is 10.7. The zero-order valence-electron chi connectivity index (χ0n) is 18.2. The second kappa shape index (κ2) is 8.97. The van der Waals surface area contributed by atoms with Gasteiger partial charge in [0.15, 0.2) is 5.16 Å². The minimum Gasteiger partial charge on any atom is -0.273 e. The number of thioether (sulfide) groups is 1. The van der Waals surface area contributed by atoms with Crippen LogP contribution in [0.2, 0.25) is 0 Å². The van der Waals surface area contributed by atoms with Gasteiger partial charge in [0.25, 0.3) is 0 Å². The third-order valence-corrected chi connectivity index (χ3v) is 6.55. The minimum atomic E-state index is 0.734. The van der Waals surface area contributed by atoms with Crippen LogP contribution in [0, 0.1) is 13.8 Å². The zero-order chi connectivity index (χ0) is 21.9. The van der Waals surface area contributed by atoms with Gasteiger partial charge in [-0.3, -0.25) is 9.55 Å². The highest BCUT2D eigenvalue weighted by atomic mass is 32.2. The van der Waals surface area contributed by atoms with Crippen molar-refractivity contribution in [3.63, 3.8) is 0 Å². The molecule has 0 unspecified atom stereocenters. The summed E-state index contributed by atoms with van der Waals surface area (Å²) in [5.41, 5.74) is 7.07. The first-order valence-corrected chi connectivity index (χ1v) is 11.7. The van der Waals surface area contributed by atoms with Crippen molar-refractivity contribution < 1.29 is 0 Å². The van der Waals surface area contributed by atoms with Gasteiger partial charge in [-0.05, 0) is 42.7 Å². The van der Waals surface area contributed by atoms with Gasteiger partial charge in [0.1, 0.15) is 5.82 Å². The lowest BCUT2D eigenvalue weighted by atomic mass is 10.1. The number of benzene rings is 3. The van der Waals surface area contributed by atoms with Crippen LogP contribution in [0.1, 0.15) is 28.1 Å². The van der Waals surface area contributed by atoms with Crippen LogP contribution in [-0.4, -0.2) is 19.7 Å². The maximum absolute atomic E-state index is 4.60. The fourth-order valence-corrected chi connectivity index (χ4v) is 4.96. The fraction of sp³-hybridized carbons (Fsp3) is 0.148. The maximum atomic E-state index is 4.60. The van der Waals surface area contributed by atoms with Gasteiger partial charge in [-0.2, -0.15) is 0 Å². The van der Waals surface area contributed by atoms with Crippen LogP contribution in [0.15, 0.2) is 90.2 Å². The van der Waals surface area contributed by atoms with Gasteiger partial charge >= 0.3 is 0 Å². The molecule has 0 radical (unpaired) electrons. The van der Waals surface area contributed by atoms with Crippen LogP contribution in [0.5, 0.6) is 0 Å². The van der Waals surface area contributed by atoms with Crippen LogP contribution in [0.4, 0.5) is 0 Å². The minimum absolute atomic E-state index is 0.734. The number of rotatable bonds is 6. The summed E-state index contributed by atoms with van der Waals surface area (Å²) in [6.07, 6.45) is 2.59. The Balaban J connectivity index is 1.53. The van der Waals surface area contributed by atoms with Gasteiger partial charge in [-0.15, -0.1) is 10.2 Å². The Hall–Kier alpha value is -3.44. The number of aromatic nitrogens is 4. The molecule has 0 bridgehead atoms. The highest BCUT2D eigenvalue weighted by molar-refractivity contribution is 7.98. The lowest BCUT2D eigenvalue weighted by Gasteiger charge is -2.14. The first-order chi connectivity index (χ1) is 15.7. The van der Waals surface area contributed by atoms with Crippen LogP contribution >= 0.6 is 11.8 Å². The topological polar surface area (TPSA) is 43.6 Å². The number of pyridine rings is 1. The molecular weight excluding hydrogens is 412 g/mol. The zero-order valence-corrected chi connectivity index (χ0v) is 19.0. The van der Waals surface area contributed by atoms with Crippen LogP contribution in [0.3, 0.4) is 0 Å². The van der Waals surface area contributed by atoms with Crippen molar-refractivity contribution in [3.8, 4) is 5.69 Å². The number of para-hydroxylation sites is 1. The Bertz CT molecular complexity index is 1370. The van der Waals surface area contributed by atoms with E-state index in [-0.39, 0.29) is 0 Å². The molecule has 32 heavy (non-hydrogen) atoms. The molecule has 0 saturated carbocycles. The van der Waals surface area contributed by atoms with E-state index in [0.717, 1.165) is 39.7 Å². The second-order valence-electron chi connectivity index (χ2n) is 7.97. The Morgan fingerprint density at radius 3 is 2.53 bits per heavy atom. The summed E-state index contributed by atoms with van der Waals surface area (Å²) < 4.78 is 2.21. The van der Waals surface area contributed by atoms with Gasteiger partial charge in [-0.25, -0.2) is 0 Å². The number of aryl methyl sites for hydroxylation is 2. The summed E-state index contributed by atoms with van der Waals surface area (Å²) in [5, 5.41) is 11.3. The molecule has 0 aliphatic carbocycles. The molecule has 0 amide bonds. The Labute approximate surface area is 192 Å². The van der Waals surface area contributed by atoms with E-state index in [0.29, 0.717) is 0 Å². The van der Waals surface area contributed by atoms with Gasteiger partial charge < -0.3 is 0 Å². The van der Waals surface area contributed by atoms with E-state index in [9.17, 15) is 0 Å². The smallest absolute Gasteiger partial charge is 0.196 e. The fourth-order valence-electron chi connectivity index (χ4n) is 4.01. The third kappa shape index (κ3) is 4.16. The molecule has 158 valence electrons. The Morgan fingerprint density at radius 1 is 0.844 bits per heavy atom. The van der Waals surface area contributed by atoms with E-state index in [2.05, 4.69) is 100 Å². The van der Waals surface area contributed by atoms with E-state index in [4.69, 9.17) is 0 Å². The van der Waals surface area contributed by atoms with Gasteiger partial charge in [0, 0.05) is 23.8 Å². The van der Waals surface area contributed by atoms with E-state index in [1.54, 1.807) is 11.8 Å². The van der Waals surface area contributed by atoms with E-state index >= 15 is 0 Å². The molecule has 0 spiro atoms. The highest BCUT2D eigenvalue weighted by Gasteiger charge is 2.17. The summed E-state index contributed by atoms with van der Waals surface area (Å²) in [7, 11) is 0. The molecule has 4 nitrogen and oxygen atoms in total. The molecule has 5 aromatic rings. The Morgan fingerprint density at radius 2 is 1.69 bits per heavy atom. The van der Waals surface area contributed by atoms with Crippen molar-refractivity contribution in [2.24, 2.45) is 0 Å². The van der Waals surface area contributed by atoms with Gasteiger partial charge in [0.2, 0.25) is 0 Å². The lowest BCUT2D eigenvalue weighted by Crippen LogP contribution is -2.06. The molecule has 3 aromatic carbocycles. The molecule has 5 rings (SSSR count). The van der Waals surface area contributed by atoms with Crippen molar-refractivity contribution >= 4 is 22.7 Å². The Kier molecular flexibility index (Phi) is 5.73. The predicted molar refractivity (Wildman–Crippen MR) is 131 cm³/mol. The van der Waals surface area contributed by atoms with Crippen molar-refractivity contribution in [2.45, 2.75) is 31.2 Å². The number of hydrogen-bond acceptors (Lipinski definition) is 4. The van der Waals surface area contributed by atoms with Crippen molar-refractivity contribution in [1.29, 1.82) is 0 Å². The number of fused-ring (bicyclic) bond motifs is 1. The second-order valence-corrected chi connectivity index (χ2v) is 8.91. The lowest BCUT2D eigenvalue weighted by molar-refractivity contribution is 0.841. The molecule has 0 saturated heterocycles. The van der Waals surface area contributed by atoms with E-state index in [1.165, 1.54) is 22.3 Å². The number of nitrogens with zero attached hydrogens (tertiary/aromatic N) is 4. The molecule has 0 aliphatic rings. The largest absolute Gasteiger partial charge is 0.273 e. The quantitative estimate of drug-likeness (QED) is 0.292. The summed E-state index contributed by atoms with van der Waals surface area (Å²) in [6, 6.07) is 27.4. The van der Waals surface area contributed by atoms with Crippen molar-refractivity contribution in [2.75, 3.05) is 0 Å². The summed E-state index contributed by atoms with van der Waals surface area (Å²) >= 11 is 1.70. The van der Waals surface area contributed by atoms with Crippen molar-refractivity contribution in [1.82, 2.24) is 19.7 Å². The molecule has 5 heteroatoms. The van der Waals surface area contributed by atoms with Gasteiger partial charge in [-0.1, -0.05) is 84.1 Å². The molecule has 0 N–H and O–H groups in total. The van der Waals surface area contributed by atoms with Crippen LogP contribution < -0.4 is 0 Å². The molecule has 0 fully saturated rings. The molecule has 2 heterocycles. The number of hydrogen-bond donors (Lipinski definition) is 0. The maximum Gasteiger partial charge on any atom is 0.196 e. The van der Waals surface area contributed by atoms with Crippen LogP contribution in [0.25, 0.3) is 16.6 Å². The highest BCUT2D eigenvalue weighted by Crippen LogP contribution is 2.30. The summed E-state index contributed by atoms with van der Waals surface area (Å²) in [6.45, 7) is 4.27.